The smallest absolute Gasteiger partial charge is 0.341 e. The number of thiophene rings is 1. The highest BCUT2D eigenvalue weighted by Gasteiger charge is 2.29. The number of nitrogens with zero attached hydrogens (tertiary/aromatic N) is 3. The lowest BCUT2D eigenvalue weighted by Gasteiger charge is -2.18. The van der Waals surface area contributed by atoms with Crippen molar-refractivity contribution >= 4 is 40.0 Å². The molecule has 0 saturated heterocycles. The van der Waals surface area contributed by atoms with Crippen molar-refractivity contribution in [1.82, 2.24) is 14.8 Å². The zero-order valence-electron chi connectivity index (χ0n) is 19.7. The van der Waals surface area contributed by atoms with Gasteiger partial charge in [-0.25, -0.2) is 9.18 Å². The average Bonchev–Trinajstić information content (AvgIpc) is 3.39. The van der Waals surface area contributed by atoms with Gasteiger partial charge >= 0.3 is 5.97 Å². The molecule has 0 bridgehead atoms. The number of rotatable bonds is 9. The summed E-state index contributed by atoms with van der Waals surface area (Å²) < 4.78 is 20.4. The maximum absolute atomic E-state index is 13.3. The van der Waals surface area contributed by atoms with Gasteiger partial charge in [0.2, 0.25) is 5.91 Å². The molecule has 10 heteroatoms. The van der Waals surface area contributed by atoms with E-state index in [0.29, 0.717) is 34.0 Å². The zero-order chi connectivity index (χ0) is 24.9. The molecule has 1 atom stereocenters. The van der Waals surface area contributed by atoms with Crippen LogP contribution in [0.1, 0.15) is 41.1 Å². The van der Waals surface area contributed by atoms with Crippen molar-refractivity contribution in [3.05, 3.63) is 58.7 Å². The molecule has 1 aliphatic carbocycles. The normalized spacial score (nSPS) is 14.9. The SMILES string of the molecule is C=CCn1c(SCC(=O)Nc2sc3c(c2C(=O)OCC)CCC(C)C3)nnc1-c1ccc(F)cc1. The topological polar surface area (TPSA) is 86.1 Å². The van der Waals surface area contributed by atoms with Gasteiger partial charge in [-0.2, -0.15) is 0 Å². The molecule has 35 heavy (non-hydrogen) atoms. The van der Waals surface area contributed by atoms with Crippen LogP contribution in [0.4, 0.5) is 9.39 Å². The number of aromatic nitrogens is 3. The summed E-state index contributed by atoms with van der Waals surface area (Å²) in [4.78, 5) is 26.7. The number of carbonyl (C=O) groups excluding carboxylic acids is 2. The summed E-state index contributed by atoms with van der Waals surface area (Å²) in [6.07, 6.45) is 4.43. The second-order valence-electron chi connectivity index (χ2n) is 8.33. The van der Waals surface area contributed by atoms with Gasteiger partial charge in [0.1, 0.15) is 10.8 Å². The Morgan fingerprint density at radius 2 is 2.11 bits per heavy atom. The van der Waals surface area contributed by atoms with E-state index in [1.807, 2.05) is 4.57 Å². The number of benzene rings is 1. The van der Waals surface area contributed by atoms with Crippen molar-refractivity contribution in [2.45, 2.75) is 44.8 Å². The lowest BCUT2D eigenvalue weighted by Crippen LogP contribution is -2.18. The number of hydrogen-bond donors (Lipinski definition) is 1. The summed E-state index contributed by atoms with van der Waals surface area (Å²) in [7, 11) is 0. The highest BCUT2D eigenvalue weighted by molar-refractivity contribution is 7.99. The summed E-state index contributed by atoms with van der Waals surface area (Å²) in [5.74, 6) is 0.224. The predicted octanol–water partition coefficient (Wildman–Crippen LogP) is 5.36. The molecule has 0 radical (unpaired) electrons. The van der Waals surface area contributed by atoms with Crippen molar-refractivity contribution in [2.75, 3.05) is 17.7 Å². The second kappa shape index (κ2) is 11.2. The Labute approximate surface area is 211 Å². The van der Waals surface area contributed by atoms with Crippen molar-refractivity contribution < 1.29 is 18.7 Å². The number of allylic oxidation sites excluding steroid dienone is 1. The summed E-state index contributed by atoms with van der Waals surface area (Å²) in [6, 6.07) is 6.00. The van der Waals surface area contributed by atoms with E-state index < -0.39 is 5.97 Å². The van der Waals surface area contributed by atoms with Crippen LogP contribution in [-0.4, -0.2) is 39.0 Å². The maximum Gasteiger partial charge on any atom is 0.341 e. The van der Waals surface area contributed by atoms with Crippen LogP contribution in [-0.2, 0) is 28.9 Å². The van der Waals surface area contributed by atoms with Crippen LogP contribution in [0.2, 0.25) is 0 Å². The molecule has 1 N–H and O–H groups in total. The summed E-state index contributed by atoms with van der Waals surface area (Å²) >= 11 is 2.70. The van der Waals surface area contributed by atoms with Gasteiger partial charge in [0.05, 0.1) is 17.9 Å². The van der Waals surface area contributed by atoms with E-state index in [4.69, 9.17) is 4.74 Å². The highest BCUT2D eigenvalue weighted by Crippen LogP contribution is 2.40. The van der Waals surface area contributed by atoms with Crippen molar-refractivity contribution in [1.29, 1.82) is 0 Å². The molecule has 7 nitrogen and oxygen atoms in total. The molecule has 184 valence electrons. The third-order valence-corrected chi connectivity index (χ3v) is 7.84. The van der Waals surface area contributed by atoms with Crippen LogP contribution in [0, 0.1) is 11.7 Å². The number of hydrogen-bond acceptors (Lipinski definition) is 7. The monoisotopic (exact) mass is 514 g/mol. The lowest BCUT2D eigenvalue weighted by atomic mass is 9.88. The van der Waals surface area contributed by atoms with Crippen LogP contribution in [0.3, 0.4) is 0 Å². The standard InChI is InChI=1S/C25H27FN4O3S2/c1-4-12-30-22(16-7-9-17(26)10-8-16)28-29-25(30)34-14-20(31)27-23-21(24(32)33-5-2)18-11-6-15(3)13-19(18)35-23/h4,7-10,15H,1,5-6,11-14H2,2-3H3,(H,27,31). The number of halogens is 1. The van der Waals surface area contributed by atoms with E-state index in [-0.39, 0.29) is 24.1 Å². The Kier molecular flexibility index (Phi) is 8.02. The number of nitrogens with one attached hydrogen (secondary N) is 1. The van der Waals surface area contributed by atoms with Crippen molar-refractivity contribution in [2.24, 2.45) is 5.92 Å². The first kappa shape index (κ1) is 25.1. The molecular weight excluding hydrogens is 487 g/mol. The second-order valence-corrected chi connectivity index (χ2v) is 10.4. The van der Waals surface area contributed by atoms with Crippen molar-refractivity contribution in [3.63, 3.8) is 0 Å². The first-order valence-corrected chi connectivity index (χ1v) is 13.3. The molecule has 0 spiro atoms. The largest absolute Gasteiger partial charge is 0.462 e. The molecule has 1 aliphatic rings. The molecule has 1 aromatic carbocycles. The maximum atomic E-state index is 13.3. The van der Waals surface area contributed by atoms with Gasteiger partial charge in [-0.1, -0.05) is 24.8 Å². The van der Waals surface area contributed by atoms with Gasteiger partial charge < -0.3 is 10.1 Å². The number of carbonyl (C=O) groups is 2. The Bertz CT molecular complexity index is 1240. The van der Waals surface area contributed by atoms with Gasteiger partial charge in [-0.15, -0.1) is 28.1 Å². The van der Waals surface area contributed by atoms with Gasteiger partial charge in [0, 0.05) is 17.0 Å². The van der Waals surface area contributed by atoms with E-state index in [9.17, 15) is 14.0 Å². The highest BCUT2D eigenvalue weighted by atomic mass is 32.2. The summed E-state index contributed by atoms with van der Waals surface area (Å²) in [5.41, 5.74) is 2.21. The molecule has 1 amide bonds. The first-order chi connectivity index (χ1) is 16.9. The van der Waals surface area contributed by atoms with Gasteiger partial charge in [0.15, 0.2) is 11.0 Å². The fourth-order valence-electron chi connectivity index (χ4n) is 4.05. The number of amides is 1. The van der Waals surface area contributed by atoms with E-state index in [2.05, 4.69) is 29.0 Å². The van der Waals surface area contributed by atoms with Crippen LogP contribution < -0.4 is 5.32 Å². The van der Waals surface area contributed by atoms with Crippen LogP contribution in [0.15, 0.2) is 42.1 Å². The Hall–Kier alpha value is -2.98. The number of thioether (sulfide) groups is 1. The first-order valence-electron chi connectivity index (χ1n) is 11.5. The van der Waals surface area contributed by atoms with Gasteiger partial charge in [-0.05, 0) is 61.9 Å². The Morgan fingerprint density at radius 3 is 2.83 bits per heavy atom. The minimum absolute atomic E-state index is 0.0833. The number of esters is 1. The quantitative estimate of drug-likeness (QED) is 0.235. The molecule has 3 aromatic rings. The molecular formula is C25H27FN4O3S2. The minimum Gasteiger partial charge on any atom is -0.462 e. The molecule has 0 fully saturated rings. The average molecular weight is 515 g/mol. The van der Waals surface area contributed by atoms with E-state index in [0.717, 1.165) is 35.3 Å². The summed E-state index contributed by atoms with van der Waals surface area (Å²) in [6.45, 7) is 8.47. The fourth-order valence-corrected chi connectivity index (χ4v) is 6.22. The van der Waals surface area contributed by atoms with E-state index in [1.54, 1.807) is 25.1 Å². The van der Waals surface area contributed by atoms with Crippen LogP contribution >= 0.6 is 23.1 Å². The molecule has 2 aromatic heterocycles. The number of ether oxygens (including phenoxy) is 1. The Morgan fingerprint density at radius 1 is 1.34 bits per heavy atom. The minimum atomic E-state index is -0.392. The van der Waals surface area contributed by atoms with Crippen molar-refractivity contribution in [3.8, 4) is 11.4 Å². The molecule has 0 aliphatic heterocycles. The summed E-state index contributed by atoms with van der Waals surface area (Å²) in [5, 5.41) is 12.5. The lowest BCUT2D eigenvalue weighted by molar-refractivity contribution is -0.113. The number of fused-ring (bicyclic) bond motifs is 1. The fraction of sp³-hybridized carbons (Fsp3) is 0.360. The van der Waals surface area contributed by atoms with Gasteiger partial charge in [0.25, 0.3) is 0 Å². The van der Waals surface area contributed by atoms with Gasteiger partial charge in [-0.3, -0.25) is 9.36 Å². The number of anilines is 1. The third-order valence-electron chi connectivity index (χ3n) is 5.71. The van der Waals surface area contributed by atoms with E-state index in [1.165, 1.54) is 35.2 Å². The Balaban J connectivity index is 1.50. The predicted molar refractivity (Wildman–Crippen MR) is 136 cm³/mol. The third kappa shape index (κ3) is 5.65. The molecule has 2 heterocycles. The zero-order valence-corrected chi connectivity index (χ0v) is 21.3. The van der Waals surface area contributed by atoms with E-state index >= 15 is 0 Å². The molecule has 4 rings (SSSR count). The van der Waals surface area contributed by atoms with Crippen LogP contribution in [0.25, 0.3) is 11.4 Å². The molecule has 1 unspecified atom stereocenters. The molecule has 0 saturated carbocycles. The van der Waals surface area contributed by atoms with Crippen LogP contribution in [0.5, 0.6) is 0 Å².